The molecule has 2 N–H and O–H groups in total. The third-order valence-corrected chi connectivity index (χ3v) is 3.59. The summed E-state index contributed by atoms with van der Waals surface area (Å²) in [5.41, 5.74) is 6.13. The smallest absolute Gasteiger partial charge is 0.302 e. The fourth-order valence-electron chi connectivity index (χ4n) is 3.27. The van der Waals surface area contributed by atoms with Crippen LogP contribution < -0.4 is 5.73 Å². The number of fused-ring (bicyclic) bond motifs is 1. The minimum absolute atomic E-state index is 0.0243. The lowest BCUT2D eigenvalue weighted by molar-refractivity contribution is -0.146. The lowest BCUT2D eigenvalue weighted by atomic mass is 9.97. The van der Waals surface area contributed by atoms with Crippen molar-refractivity contribution in [1.29, 1.82) is 0 Å². The fraction of sp³-hybridized carbons (Fsp3) is 0.909. The van der Waals surface area contributed by atoms with Gasteiger partial charge in [-0.15, -0.1) is 0 Å². The summed E-state index contributed by atoms with van der Waals surface area (Å²) in [6.45, 7) is 3.62. The van der Waals surface area contributed by atoms with Crippen molar-refractivity contribution in [2.45, 2.75) is 51.2 Å². The second kappa shape index (κ2) is 3.23. The van der Waals surface area contributed by atoms with Gasteiger partial charge in [0.1, 0.15) is 6.10 Å². The highest BCUT2D eigenvalue weighted by Gasteiger charge is 2.46. The minimum Gasteiger partial charge on any atom is -0.463 e. The molecule has 0 spiro atoms. The molecule has 0 aliphatic heterocycles. The van der Waals surface area contributed by atoms with Crippen LogP contribution in [0.4, 0.5) is 0 Å². The van der Waals surface area contributed by atoms with Crippen molar-refractivity contribution < 1.29 is 9.53 Å². The van der Waals surface area contributed by atoms with Gasteiger partial charge in [-0.1, -0.05) is 0 Å². The number of carbonyl (C=O) groups excluding carboxylic acids is 1. The molecule has 3 nitrogen and oxygen atoms in total. The first kappa shape index (κ1) is 9.97. The van der Waals surface area contributed by atoms with E-state index in [0.29, 0.717) is 11.8 Å². The Labute approximate surface area is 85.0 Å². The molecular formula is C11H19NO2. The molecule has 0 aromatic rings. The molecule has 2 saturated carbocycles. The highest BCUT2D eigenvalue weighted by molar-refractivity contribution is 5.66. The van der Waals surface area contributed by atoms with Gasteiger partial charge < -0.3 is 10.5 Å². The van der Waals surface area contributed by atoms with E-state index in [9.17, 15) is 4.79 Å². The second-order valence-corrected chi connectivity index (χ2v) is 5.29. The SMILES string of the molecule is CC(=O)O[C@H]1C[C@@H]2C[C@](C)(N)C[C@@H]2C1. The first-order chi connectivity index (χ1) is 6.46. The van der Waals surface area contributed by atoms with Crippen molar-refractivity contribution in [3.8, 4) is 0 Å². The standard InChI is InChI=1S/C11H19NO2/c1-7(13)14-10-3-8-5-11(2,12)6-9(8)4-10/h8-10H,3-6,12H2,1-2H3/t8-,9+,10+,11+. The monoisotopic (exact) mass is 197 g/mol. The molecule has 2 aliphatic rings. The summed E-state index contributed by atoms with van der Waals surface area (Å²) in [6, 6.07) is 0. The molecule has 0 unspecified atom stereocenters. The molecule has 0 radical (unpaired) electrons. The van der Waals surface area contributed by atoms with Crippen LogP contribution in [0, 0.1) is 11.8 Å². The highest BCUT2D eigenvalue weighted by atomic mass is 16.5. The van der Waals surface area contributed by atoms with Gasteiger partial charge in [-0.2, -0.15) is 0 Å². The predicted octanol–water partition coefficient (Wildman–Crippen LogP) is 1.46. The fourth-order valence-corrected chi connectivity index (χ4v) is 3.27. The lowest BCUT2D eigenvalue weighted by Gasteiger charge is -2.20. The van der Waals surface area contributed by atoms with E-state index in [-0.39, 0.29) is 17.6 Å². The van der Waals surface area contributed by atoms with Crippen LogP contribution in [0.5, 0.6) is 0 Å². The van der Waals surface area contributed by atoms with Crippen LogP contribution in [0.25, 0.3) is 0 Å². The first-order valence-corrected chi connectivity index (χ1v) is 5.42. The number of esters is 1. The Morgan fingerprint density at radius 1 is 1.36 bits per heavy atom. The van der Waals surface area contributed by atoms with E-state index in [0.717, 1.165) is 25.7 Å². The summed E-state index contributed by atoms with van der Waals surface area (Å²) in [5.74, 6) is 1.23. The average Bonchev–Trinajstić information content (AvgIpc) is 2.38. The van der Waals surface area contributed by atoms with E-state index in [2.05, 4.69) is 6.92 Å². The molecular weight excluding hydrogens is 178 g/mol. The summed E-state index contributed by atoms with van der Waals surface area (Å²) in [4.78, 5) is 10.8. The van der Waals surface area contributed by atoms with E-state index < -0.39 is 0 Å². The molecule has 3 heteroatoms. The van der Waals surface area contributed by atoms with Crippen molar-refractivity contribution in [2.24, 2.45) is 17.6 Å². The van der Waals surface area contributed by atoms with Gasteiger partial charge in [0.25, 0.3) is 0 Å². The number of carbonyl (C=O) groups is 1. The van der Waals surface area contributed by atoms with Crippen molar-refractivity contribution in [3.05, 3.63) is 0 Å². The van der Waals surface area contributed by atoms with Crippen LogP contribution in [-0.4, -0.2) is 17.6 Å². The predicted molar refractivity (Wildman–Crippen MR) is 53.6 cm³/mol. The maximum atomic E-state index is 10.8. The molecule has 0 amide bonds. The molecule has 0 aromatic heterocycles. The Morgan fingerprint density at radius 3 is 2.29 bits per heavy atom. The molecule has 0 saturated heterocycles. The van der Waals surface area contributed by atoms with Crippen molar-refractivity contribution in [2.75, 3.05) is 0 Å². The summed E-state index contributed by atoms with van der Waals surface area (Å²) in [7, 11) is 0. The van der Waals surface area contributed by atoms with Gasteiger partial charge in [0.2, 0.25) is 0 Å². The van der Waals surface area contributed by atoms with Gasteiger partial charge in [-0.3, -0.25) is 4.79 Å². The van der Waals surface area contributed by atoms with Crippen LogP contribution in [0.3, 0.4) is 0 Å². The molecule has 4 atom stereocenters. The summed E-state index contributed by atoms with van der Waals surface area (Å²) in [6.07, 6.45) is 4.40. The zero-order chi connectivity index (χ0) is 10.3. The molecule has 0 bridgehead atoms. The molecule has 2 rings (SSSR count). The van der Waals surface area contributed by atoms with Gasteiger partial charge >= 0.3 is 5.97 Å². The maximum Gasteiger partial charge on any atom is 0.302 e. The number of hydrogen-bond acceptors (Lipinski definition) is 3. The van der Waals surface area contributed by atoms with E-state index in [1.807, 2.05) is 0 Å². The zero-order valence-electron chi connectivity index (χ0n) is 8.95. The van der Waals surface area contributed by atoms with Crippen LogP contribution in [0.2, 0.25) is 0 Å². The summed E-state index contributed by atoms with van der Waals surface area (Å²) >= 11 is 0. The number of nitrogens with two attached hydrogens (primary N) is 1. The number of rotatable bonds is 1. The van der Waals surface area contributed by atoms with Crippen LogP contribution in [-0.2, 0) is 9.53 Å². The largest absolute Gasteiger partial charge is 0.463 e. The summed E-state index contributed by atoms with van der Waals surface area (Å²) in [5, 5.41) is 0. The maximum absolute atomic E-state index is 10.8. The molecule has 80 valence electrons. The zero-order valence-corrected chi connectivity index (χ0v) is 8.95. The van der Waals surface area contributed by atoms with Crippen molar-refractivity contribution >= 4 is 5.97 Å². The second-order valence-electron chi connectivity index (χ2n) is 5.29. The normalized spacial score (nSPS) is 46.4. The Hall–Kier alpha value is -0.570. The van der Waals surface area contributed by atoms with Crippen LogP contribution in [0.15, 0.2) is 0 Å². The van der Waals surface area contributed by atoms with Gasteiger partial charge in [0.15, 0.2) is 0 Å². The molecule has 2 fully saturated rings. The Kier molecular flexibility index (Phi) is 2.30. The topological polar surface area (TPSA) is 52.3 Å². The molecule has 0 heterocycles. The van der Waals surface area contributed by atoms with E-state index >= 15 is 0 Å². The Bertz CT molecular complexity index is 234. The molecule has 2 aliphatic carbocycles. The third kappa shape index (κ3) is 1.92. The van der Waals surface area contributed by atoms with Gasteiger partial charge in [-0.05, 0) is 44.4 Å². The van der Waals surface area contributed by atoms with Gasteiger partial charge in [0, 0.05) is 12.5 Å². The van der Waals surface area contributed by atoms with Gasteiger partial charge in [0.05, 0.1) is 0 Å². The molecule has 0 aromatic carbocycles. The van der Waals surface area contributed by atoms with Gasteiger partial charge in [-0.25, -0.2) is 0 Å². The Morgan fingerprint density at radius 2 is 1.86 bits per heavy atom. The molecule has 14 heavy (non-hydrogen) atoms. The first-order valence-electron chi connectivity index (χ1n) is 5.42. The highest BCUT2D eigenvalue weighted by Crippen LogP contribution is 2.48. The van der Waals surface area contributed by atoms with Crippen molar-refractivity contribution in [3.63, 3.8) is 0 Å². The summed E-state index contributed by atoms with van der Waals surface area (Å²) < 4.78 is 5.24. The quantitative estimate of drug-likeness (QED) is 0.647. The van der Waals surface area contributed by atoms with E-state index in [1.54, 1.807) is 0 Å². The average molecular weight is 197 g/mol. The third-order valence-electron chi connectivity index (χ3n) is 3.59. The van der Waals surface area contributed by atoms with Crippen LogP contribution >= 0.6 is 0 Å². The minimum atomic E-state index is -0.148. The Balaban J connectivity index is 1.90. The number of hydrogen-bond donors (Lipinski definition) is 1. The lowest BCUT2D eigenvalue weighted by Crippen LogP contribution is -2.33. The number of ether oxygens (including phenoxy) is 1. The van der Waals surface area contributed by atoms with E-state index in [4.69, 9.17) is 10.5 Å². The van der Waals surface area contributed by atoms with Crippen LogP contribution in [0.1, 0.15) is 39.5 Å². The van der Waals surface area contributed by atoms with Crippen molar-refractivity contribution in [1.82, 2.24) is 0 Å². The van der Waals surface area contributed by atoms with E-state index in [1.165, 1.54) is 6.92 Å².